The Hall–Kier alpha value is -1.10. The molecule has 110 valence electrons. The summed E-state index contributed by atoms with van der Waals surface area (Å²) in [4.78, 5) is 23.5. The summed E-state index contributed by atoms with van der Waals surface area (Å²) in [5.41, 5.74) is 0. The lowest BCUT2D eigenvalue weighted by Crippen LogP contribution is -2.43. The number of hydrogen-bond acceptors (Lipinski definition) is 4. The lowest BCUT2D eigenvalue weighted by Gasteiger charge is -2.28. The summed E-state index contributed by atoms with van der Waals surface area (Å²) in [5.74, 6) is 0.000349. The number of nitrogens with one attached hydrogen (secondary N) is 2. The first-order valence-electron chi connectivity index (χ1n) is 7.20. The van der Waals surface area contributed by atoms with Gasteiger partial charge in [0.1, 0.15) is 0 Å². The van der Waals surface area contributed by atoms with Crippen LogP contribution in [0, 0.1) is 11.8 Å². The standard InChI is InChI=1S/C14H26N2O3/c1-4-19-14(18)11-5-7-12(8-6-11)16-13(17)10(2)9-15-3/h10-12,15H,4-9H2,1-3H3,(H,16,17). The van der Waals surface area contributed by atoms with Crippen molar-refractivity contribution in [1.29, 1.82) is 0 Å². The highest BCUT2D eigenvalue weighted by Gasteiger charge is 2.28. The maximum atomic E-state index is 11.9. The maximum Gasteiger partial charge on any atom is 0.308 e. The highest BCUT2D eigenvalue weighted by atomic mass is 16.5. The van der Waals surface area contributed by atoms with Crippen LogP contribution in [0.5, 0.6) is 0 Å². The quantitative estimate of drug-likeness (QED) is 0.709. The second kappa shape index (κ2) is 8.15. The molecule has 0 spiro atoms. The molecule has 1 aliphatic rings. The summed E-state index contributed by atoms with van der Waals surface area (Å²) in [5, 5.41) is 6.06. The van der Waals surface area contributed by atoms with E-state index in [-0.39, 0.29) is 29.8 Å². The number of carbonyl (C=O) groups is 2. The molecule has 1 amide bonds. The molecule has 1 unspecified atom stereocenters. The Balaban J connectivity index is 2.30. The van der Waals surface area contributed by atoms with E-state index in [1.165, 1.54) is 0 Å². The normalized spacial score (nSPS) is 24.6. The lowest BCUT2D eigenvalue weighted by molar-refractivity contribution is -0.149. The number of rotatable bonds is 6. The number of amides is 1. The van der Waals surface area contributed by atoms with E-state index in [0.717, 1.165) is 25.7 Å². The van der Waals surface area contributed by atoms with Gasteiger partial charge in [0.2, 0.25) is 5.91 Å². The zero-order valence-corrected chi connectivity index (χ0v) is 12.2. The van der Waals surface area contributed by atoms with Crippen molar-refractivity contribution in [3.8, 4) is 0 Å². The fourth-order valence-corrected chi connectivity index (χ4v) is 2.48. The summed E-state index contributed by atoms with van der Waals surface area (Å²) in [6, 6.07) is 0.206. The highest BCUT2D eigenvalue weighted by molar-refractivity contribution is 5.79. The van der Waals surface area contributed by atoms with Crippen LogP contribution in [0.3, 0.4) is 0 Å². The van der Waals surface area contributed by atoms with E-state index in [1.807, 2.05) is 20.9 Å². The minimum absolute atomic E-state index is 0.0165. The van der Waals surface area contributed by atoms with Crippen LogP contribution in [0.15, 0.2) is 0 Å². The zero-order valence-electron chi connectivity index (χ0n) is 12.2. The number of esters is 1. The fourth-order valence-electron chi connectivity index (χ4n) is 2.48. The van der Waals surface area contributed by atoms with Gasteiger partial charge >= 0.3 is 5.97 Å². The molecule has 1 atom stereocenters. The first-order valence-corrected chi connectivity index (χ1v) is 7.20. The van der Waals surface area contributed by atoms with Crippen LogP contribution in [0.25, 0.3) is 0 Å². The SMILES string of the molecule is CCOC(=O)C1CCC(NC(=O)C(C)CNC)CC1. The van der Waals surface area contributed by atoms with E-state index in [1.54, 1.807) is 0 Å². The summed E-state index contributed by atoms with van der Waals surface area (Å²) in [6.45, 7) is 4.87. The average Bonchev–Trinajstić information content (AvgIpc) is 2.40. The Kier molecular flexibility index (Phi) is 6.84. The van der Waals surface area contributed by atoms with Gasteiger partial charge < -0.3 is 15.4 Å². The minimum Gasteiger partial charge on any atom is -0.466 e. The van der Waals surface area contributed by atoms with Crippen molar-refractivity contribution in [2.24, 2.45) is 11.8 Å². The molecule has 0 aromatic heterocycles. The van der Waals surface area contributed by atoms with Crippen molar-refractivity contribution in [1.82, 2.24) is 10.6 Å². The van der Waals surface area contributed by atoms with Crippen molar-refractivity contribution in [3.63, 3.8) is 0 Å². The van der Waals surface area contributed by atoms with Gasteiger partial charge in [-0.1, -0.05) is 6.92 Å². The maximum absolute atomic E-state index is 11.9. The van der Waals surface area contributed by atoms with Crippen LogP contribution in [-0.4, -0.2) is 38.1 Å². The van der Waals surface area contributed by atoms with E-state index in [2.05, 4.69) is 10.6 Å². The molecular weight excluding hydrogens is 244 g/mol. The van der Waals surface area contributed by atoms with Crippen LogP contribution in [0.1, 0.15) is 39.5 Å². The van der Waals surface area contributed by atoms with E-state index in [0.29, 0.717) is 13.2 Å². The highest BCUT2D eigenvalue weighted by Crippen LogP contribution is 2.25. The van der Waals surface area contributed by atoms with E-state index >= 15 is 0 Å². The molecule has 0 bridgehead atoms. The molecule has 0 aromatic carbocycles. The average molecular weight is 270 g/mol. The first-order chi connectivity index (χ1) is 9.08. The topological polar surface area (TPSA) is 67.4 Å². The molecule has 5 heteroatoms. The summed E-state index contributed by atoms with van der Waals surface area (Å²) >= 11 is 0. The summed E-state index contributed by atoms with van der Waals surface area (Å²) < 4.78 is 5.03. The predicted octanol–water partition coefficient (Wildman–Crippen LogP) is 1.08. The van der Waals surface area contributed by atoms with Gasteiger partial charge in [-0.2, -0.15) is 0 Å². The van der Waals surface area contributed by atoms with Gasteiger partial charge in [0.15, 0.2) is 0 Å². The molecule has 5 nitrogen and oxygen atoms in total. The van der Waals surface area contributed by atoms with Crippen molar-refractivity contribution in [2.45, 2.75) is 45.6 Å². The zero-order chi connectivity index (χ0) is 14.3. The number of hydrogen-bond donors (Lipinski definition) is 2. The lowest BCUT2D eigenvalue weighted by atomic mass is 9.86. The van der Waals surface area contributed by atoms with Crippen molar-refractivity contribution in [2.75, 3.05) is 20.2 Å². The van der Waals surface area contributed by atoms with Gasteiger partial charge in [-0.15, -0.1) is 0 Å². The monoisotopic (exact) mass is 270 g/mol. The van der Waals surface area contributed by atoms with Crippen LogP contribution < -0.4 is 10.6 Å². The van der Waals surface area contributed by atoms with Gasteiger partial charge in [-0.3, -0.25) is 9.59 Å². The molecule has 19 heavy (non-hydrogen) atoms. The molecule has 0 radical (unpaired) electrons. The Labute approximate surface area is 115 Å². The molecule has 0 aliphatic heterocycles. The number of carbonyl (C=O) groups excluding carboxylic acids is 2. The smallest absolute Gasteiger partial charge is 0.308 e. The van der Waals surface area contributed by atoms with Crippen LogP contribution in [0.2, 0.25) is 0 Å². The van der Waals surface area contributed by atoms with Crippen LogP contribution in [-0.2, 0) is 14.3 Å². The van der Waals surface area contributed by atoms with Crippen LogP contribution >= 0.6 is 0 Å². The summed E-state index contributed by atoms with van der Waals surface area (Å²) in [7, 11) is 1.84. The van der Waals surface area contributed by atoms with Gasteiger partial charge in [0.05, 0.1) is 12.5 Å². The fraction of sp³-hybridized carbons (Fsp3) is 0.857. The third kappa shape index (κ3) is 5.19. The summed E-state index contributed by atoms with van der Waals surface area (Å²) in [6.07, 6.45) is 3.34. The molecule has 0 aromatic rings. The van der Waals surface area contributed by atoms with Gasteiger partial charge in [0, 0.05) is 18.5 Å². The second-order valence-corrected chi connectivity index (χ2v) is 5.27. The van der Waals surface area contributed by atoms with Crippen molar-refractivity contribution in [3.05, 3.63) is 0 Å². The van der Waals surface area contributed by atoms with Crippen molar-refractivity contribution < 1.29 is 14.3 Å². The Morgan fingerprint density at radius 1 is 1.26 bits per heavy atom. The van der Waals surface area contributed by atoms with E-state index in [4.69, 9.17) is 4.74 Å². The van der Waals surface area contributed by atoms with E-state index < -0.39 is 0 Å². The van der Waals surface area contributed by atoms with Crippen LogP contribution in [0.4, 0.5) is 0 Å². The Bertz CT molecular complexity index is 299. The molecule has 2 N–H and O–H groups in total. The predicted molar refractivity (Wildman–Crippen MR) is 73.6 cm³/mol. The van der Waals surface area contributed by atoms with E-state index in [9.17, 15) is 9.59 Å². The largest absolute Gasteiger partial charge is 0.466 e. The molecule has 1 rings (SSSR count). The molecule has 0 saturated heterocycles. The van der Waals surface area contributed by atoms with Gasteiger partial charge in [0.25, 0.3) is 0 Å². The Morgan fingerprint density at radius 3 is 2.42 bits per heavy atom. The van der Waals surface area contributed by atoms with Gasteiger partial charge in [-0.25, -0.2) is 0 Å². The molecule has 1 saturated carbocycles. The second-order valence-electron chi connectivity index (χ2n) is 5.27. The first kappa shape index (κ1) is 16.0. The molecular formula is C14H26N2O3. The molecule has 0 heterocycles. The van der Waals surface area contributed by atoms with Crippen molar-refractivity contribution >= 4 is 11.9 Å². The molecule has 1 aliphatic carbocycles. The third-order valence-electron chi connectivity index (χ3n) is 3.65. The minimum atomic E-state index is -0.0872. The third-order valence-corrected chi connectivity index (χ3v) is 3.65. The Morgan fingerprint density at radius 2 is 1.89 bits per heavy atom. The number of ether oxygens (including phenoxy) is 1. The molecule has 1 fully saturated rings. The van der Waals surface area contributed by atoms with Gasteiger partial charge in [-0.05, 0) is 39.7 Å².